The summed E-state index contributed by atoms with van der Waals surface area (Å²) in [5.41, 5.74) is 0.580. The smallest absolute Gasteiger partial charge is 0.255 e. The summed E-state index contributed by atoms with van der Waals surface area (Å²) in [5, 5.41) is 5.84. The van der Waals surface area contributed by atoms with Crippen LogP contribution in [0.5, 0.6) is 0 Å². The molecule has 0 saturated carbocycles. The summed E-state index contributed by atoms with van der Waals surface area (Å²) in [5.74, 6) is 0.519. The zero-order valence-corrected chi connectivity index (χ0v) is 12.2. The number of aromatic nitrogens is 1. The molecule has 1 aromatic rings. The monoisotopic (exact) mass is 264 g/mol. The summed E-state index contributed by atoms with van der Waals surface area (Å²) in [7, 11) is 3.83. The number of anilines is 1. The summed E-state index contributed by atoms with van der Waals surface area (Å²) in [6, 6.07) is 4.07. The molecular weight excluding hydrogens is 240 g/mol. The average molecular weight is 264 g/mol. The number of carbonyl (C=O) groups excluding carboxylic acids is 1. The van der Waals surface area contributed by atoms with Crippen molar-refractivity contribution in [3.05, 3.63) is 23.9 Å². The Morgan fingerprint density at radius 1 is 1.53 bits per heavy atom. The number of hydrogen-bond acceptors (Lipinski definition) is 4. The predicted molar refractivity (Wildman–Crippen MR) is 78.5 cm³/mol. The summed E-state index contributed by atoms with van der Waals surface area (Å²) in [6.45, 7) is 5.82. The second kappa shape index (κ2) is 7.74. The Kier molecular flexibility index (Phi) is 6.29. The van der Waals surface area contributed by atoms with Gasteiger partial charge in [0, 0.05) is 32.4 Å². The average Bonchev–Trinajstić information content (AvgIpc) is 2.45. The molecule has 0 spiro atoms. The number of pyridine rings is 1. The lowest BCUT2D eigenvalue weighted by atomic mass is 10.2. The molecule has 5 nitrogen and oxygen atoms in total. The van der Waals surface area contributed by atoms with Gasteiger partial charge in [-0.25, -0.2) is 4.98 Å². The van der Waals surface area contributed by atoms with Gasteiger partial charge in [-0.1, -0.05) is 6.92 Å². The van der Waals surface area contributed by atoms with E-state index in [1.54, 1.807) is 25.4 Å². The third kappa shape index (κ3) is 4.52. The van der Waals surface area contributed by atoms with Crippen molar-refractivity contribution in [2.45, 2.75) is 26.3 Å². The van der Waals surface area contributed by atoms with Crippen molar-refractivity contribution >= 4 is 11.7 Å². The summed E-state index contributed by atoms with van der Waals surface area (Å²) < 4.78 is 0. The lowest BCUT2D eigenvalue weighted by Gasteiger charge is -2.23. The van der Waals surface area contributed by atoms with Gasteiger partial charge >= 0.3 is 0 Å². The number of nitrogens with one attached hydrogen (secondary N) is 2. The van der Waals surface area contributed by atoms with Crippen LogP contribution in [-0.2, 0) is 0 Å². The van der Waals surface area contributed by atoms with Crippen molar-refractivity contribution in [1.82, 2.24) is 15.2 Å². The Morgan fingerprint density at radius 2 is 2.26 bits per heavy atom. The third-order valence-electron chi connectivity index (χ3n) is 3.38. The SMILES string of the molecule is CCC(C)N(C)CCNC(=O)c1cccnc1NC. The number of rotatable bonds is 7. The van der Waals surface area contributed by atoms with E-state index in [-0.39, 0.29) is 5.91 Å². The molecule has 1 atom stereocenters. The molecule has 0 fully saturated rings. The van der Waals surface area contributed by atoms with Crippen molar-refractivity contribution in [3.63, 3.8) is 0 Å². The highest BCUT2D eigenvalue weighted by Crippen LogP contribution is 2.09. The first-order valence-electron chi connectivity index (χ1n) is 6.71. The van der Waals surface area contributed by atoms with Gasteiger partial charge in [0.1, 0.15) is 5.82 Å². The van der Waals surface area contributed by atoms with Gasteiger partial charge in [-0.2, -0.15) is 0 Å². The molecule has 1 rings (SSSR count). The zero-order chi connectivity index (χ0) is 14.3. The predicted octanol–water partition coefficient (Wildman–Crippen LogP) is 1.58. The van der Waals surface area contributed by atoms with E-state index in [0.29, 0.717) is 24.0 Å². The Hall–Kier alpha value is -1.62. The van der Waals surface area contributed by atoms with Gasteiger partial charge in [-0.05, 0) is 32.5 Å². The lowest BCUT2D eigenvalue weighted by Crippen LogP contribution is -2.37. The largest absolute Gasteiger partial charge is 0.372 e. The number of likely N-dealkylation sites (N-methyl/N-ethyl adjacent to an activating group) is 1. The van der Waals surface area contributed by atoms with Crippen LogP contribution < -0.4 is 10.6 Å². The number of hydrogen-bond donors (Lipinski definition) is 2. The van der Waals surface area contributed by atoms with E-state index in [0.717, 1.165) is 13.0 Å². The fourth-order valence-corrected chi connectivity index (χ4v) is 1.76. The molecule has 0 aliphatic heterocycles. The molecule has 2 N–H and O–H groups in total. The van der Waals surface area contributed by atoms with Crippen molar-refractivity contribution in [2.75, 3.05) is 32.5 Å². The maximum Gasteiger partial charge on any atom is 0.255 e. The summed E-state index contributed by atoms with van der Waals surface area (Å²) in [6.07, 6.45) is 2.77. The molecule has 19 heavy (non-hydrogen) atoms. The molecule has 0 bridgehead atoms. The summed E-state index contributed by atoms with van der Waals surface area (Å²) in [4.78, 5) is 18.4. The Bertz CT molecular complexity index is 408. The molecule has 1 heterocycles. The van der Waals surface area contributed by atoms with Crippen molar-refractivity contribution in [3.8, 4) is 0 Å². The maximum absolute atomic E-state index is 12.0. The minimum Gasteiger partial charge on any atom is -0.372 e. The first-order chi connectivity index (χ1) is 9.10. The minimum atomic E-state index is -0.0880. The van der Waals surface area contributed by atoms with Gasteiger partial charge in [0.25, 0.3) is 5.91 Å². The van der Waals surface area contributed by atoms with E-state index < -0.39 is 0 Å². The fraction of sp³-hybridized carbons (Fsp3) is 0.571. The van der Waals surface area contributed by atoms with Crippen LogP contribution >= 0.6 is 0 Å². The molecule has 0 aromatic carbocycles. The molecular formula is C14H24N4O. The van der Waals surface area contributed by atoms with Gasteiger partial charge in [-0.3, -0.25) is 4.79 Å². The van der Waals surface area contributed by atoms with Crippen LogP contribution in [0.3, 0.4) is 0 Å². The first kappa shape index (κ1) is 15.4. The van der Waals surface area contributed by atoms with E-state index in [1.807, 2.05) is 0 Å². The number of nitrogens with zero attached hydrogens (tertiary/aromatic N) is 2. The van der Waals surface area contributed by atoms with Gasteiger partial charge in [0.2, 0.25) is 0 Å². The first-order valence-corrected chi connectivity index (χ1v) is 6.71. The Morgan fingerprint density at radius 3 is 2.89 bits per heavy atom. The second-order valence-electron chi connectivity index (χ2n) is 4.64. The van der Waals surface area contributed by atoms with Gasteiger partial charge in [-0.15, -0.1) is 0 Å². The van der Waals surface area contributed by atoms with Crippen LogP contribution in [0.1, 0.15) is 30.6 Å². The maximum atomic E-state index is 12.0. The van der Waals surface area contributed by atoms with Crippen LogP contribution in [0.4, 0.5) is 5.82 Å². The van der Waals surface area contributed by atoms with Crippen molar-refractivity contribution in [2.24, 2.45) is 0 Å². The standard InChI is InChI=1S/C14H24N4O/c1-5-11(2)18(4)10-9-17-14(19)12-7-6-8-16-13(12)15-3/h6-8,11H,5,9-10H2,1-4H3,(H,15,16)(H,17,19). The van der Waals surface area contributed by atoms with Crippen LogP contribution in [-0.4, -0.2) is 49.0 Å². The molecule has 0 saturated heterocycles. The normalized spacial score (nSPS) is 12.3. The Balaban J connectivity index is 2.47. The van der Waals surface area contributed by atoms with Crippen LogP contribution in [0.15, 0.2) is 18.3 Å². The zero-order valence-electron chi connectivity index (χ0n) is 12.2. The van der Waals surface area contributed by atoms with Crippen LogP contribution in [0.2, 0.25) is 0 Å². The highest BCUT2D eigenvalue weighted by atomic mass is 16.1. The van der Waals surface area contributed by atoms with Crippen molar-refractivity contribution in [1.29, 1.82) is 0 Å². The van der Waals surface area contributed by atoms with E-state index >= 15 is 0 Å². The van der Waals surface area contributed by atoms with Crippen molar-refractivity contribution < 1.29 is 4.79 Å². The molecule has 1 amide bonds. The molecule has 5 heteroatoms. The molecule has 106 valence electrons. The van der Waals surface area contributed by atoms with E-state index in [2.05, 4.69) is 41.4 Å². The Labute approximate surface area is 115 Å². The molecule has 0 aliphatic rings. The van der Waals surface area contributed by atoms with E-state index in [4.69, 9.17) is 0 Å². The minimum absolute atomic E-state index is 0.0880. The molecule has 1 unspecified atom stereocenters. The molecule has 0 radical (unpaired) electrons. The van der Waals surface area contributed by atoms with Crippen LogP contribution in [0.25, 0.3) is 0 Å². The number of carbonyl (C=O) groups is 1. The van der Waals surface area contributed by atoms with E-state index in [1.165, 1.54) is 0 Å². The molecule has 1 aromatic heterocycles. The highest BCUT2D eigenvalue weighted by molar-refractivity contribution is 5.98. The van der Waals surface area contributed by atoms with E-state index in [9.17, 15) is 4.79 Å². The topological polar surface area (TPSA) is 57.3 Å². The quantitative estimate of drug-likeness (QED) is 0.785. The third-order valence-corrected chi connectivity index (χ3v) is 3.38. The fourth-order valence-electron chi connectivity index (χ4n) is 1.76. The highest BCUT2D eigenvalue weighted by Gasteiger charge is 2.11. The lowest BCUT2D eigenvalue weighted by molar-refractivity contribution is 0.0948. The van der Waals surface area contributed by atoms with Crippen LogP contribution in [0, 0.1) is 0 Å². The van der Waals surface area contributed by atoms with Gasteiger partial charge in [0.05, 0.1) is 5.56 Å². The number of amides is 1. The summed E-state index contributed by atoms with van der Waals surface area (Å²) >= 11 is 0. The molecule has 0 aliphatic carbocycles. The van der Waals surface area contributed by atoms with Gasteiger partial charge in [0.15, 0.2) is 0 Å². The van der Waals surface area contributed by atoms with Gasteiger partial charge < -0.3 is 15.5 Å². The second-order valence-corrected chi connectivity index (χ2v) is 4.64.